The van der Waals surface area contributed by atoms with E-state index in [9.17, 15) is 4.79 Å². The van der Waals surface area contributed by atoms with Crippen LogP contribution in [0.3, 0.4) is 0 Å². The Labute approximate surface area is 152 Å². The Morgan fingerprint density at radius 1 is 1.12 bits per heavy atom. The van der Waals surface area contributed by atoms with Crippen molar-refractivity contribution in [2.24, 2.45) is 0 Å². The molecule has 0 saturated carbocycles. The first-order valence-electron chi connectivity index (χ1n) is 8.82. The number of hydrogen-bond acceptors (Lipinski definition) is 4. The molecule has 4 rings (SSSR count). The Hall–Kier alpha value is -2.95. The van der Waals surface area contributed by atoms with Crippen molar-refractivity contribution >= 4 is 5.91 Å². The maximum Gasteiger partial charge on any atom is 0.257 e. The molecule has 1 fully saturated rings. The molecule has 1 atom stereocenters. The summed E-state index contributed by atoms with van der Waals surface area (Å²) in [5.74, 6) is 1.24. The normalized spacial score (nSPS) is 17.1. The SMILES string of the molecule is Cc1cccc(CN2CC(c3noc(-c4cccc(C)c4)n3)CC2=O)c1. The van der Waals surface area contributed by atoms with Gasteiger partial charge in [0.05, 0.1) is 0 Å². The van der Waals surface area contributed by atoms with Crippen LogP contribution in [0, 0.1) is 13.8 Å². The molecule has 2 heterocycles. The van der Waals surface area contributed by atoms with E-state index in [2.05, 4.69) is 35.3 Å². The topological polar surface area (TPSA) is 59.2 Å². The minimum Gasteiger partial charge on any atom is -0.338 e. The highest BCUT2D eigenvalue weighted by Crippen LogP contribution is 2.29. The van der Waals surface area contributed by atoms with Crippen molar-refractivity contribution in [1.82, 2.24) is 15.0 Å². The van der Waals surface area contributed by atoms with Crippen LogP contribution in [0.25, 0.3) is 11.5 Å². The van der Waals surface area contributed by atoms with E-state index in [-0.39, 0.29) is 11.8 Å². The van der Waals surface area contributed by atoms with E-state index in [4.69, 9.17) is 4.52 Å². The van der Waals surface area contributed by atoms with Crippen LogP contribution < -0.4 is 0 Å². The minimum absolute atomic E-state index is 0.0189. The van der Waals surface area contributed by atoms with Gasteiger partial charge in [-0.15, -0.1) is 0 Å². The quantitative estimate of drug-likeness (QED) is 0.719. The predicted molar refractivity (Wildman–Crippen MR) is 98.4 cm³/mol. The fourth-order valence-corrected chi connectivity index (χ4v) is 3.42. The lowest BCUT2D eigenvalue weighted by molar-refractivity contribution is -0.128. The van der Waals surface area contributed by atoms with E-state index in [1.807, 2.05) is 42.2 Å². The molecule has 3 aromatic rings. The van der Waals surface area contributed by atoms with Crippen molar-refractivity contribution in [2.45, 2.75) is 32.7 Å². The Bertz CT molecular complexity index is 948. The smallest absolute Gasteiger partial charge is 0.257 e. The number of aromatic nitrogens is 2. The average molecular weight is 347 g/mol. The molecule has 0 N–H and O–H groups in total. The second kappa shape index (κ2) is 6.75. The molecular weight excluding hydrogens is 326 g/mol. The zero-order valence-corrected chi connectivity index (χ0v) is 15.0. The van der Waals surface area contributed by atoms with Gasteiger partial charge in [0.15, 0.2) is 5.82 Å². The van der Waals surface area contributed by atoms with E-state index in [0.29, 0.717) is 31.2 Å². The maximum atomic E-state index is 12.4. The highest BCUT2D eigenvalue weighted by molar-refractivity contribution is 5.79. The minimum atomic E-state index is -0.0189. The molecule has 132 valence electrons. The third-order valence-corrected chi connectivity index (χ3v) is 4.74. The highest BCUT2D eigenvalue weighted by atomic mass is 16.5. The van der Waals surface area contributed by atoms with Crippen LogP contribution in [0.1, 0.15) is 34.9 Å². The van der Waals surface area contributed by atoms with Crippen molar-refractivity contribution in [3.63, 3.8) is 0 Å². The highest BCUT2D eigenvalue weighted by Gasteiger charge is 2.33. The number of aryl methyl sites for hydroxylation is 2. The molecule has 1 saturated heterocycles. The van der Waals surface area contributed by atoms with Gasteiger partial charge in [0.1, 0.15) is 0 Å². The van der Waals surface area contributed by atoms with E-state index in [1.165, 1.54) is 5.56 Å². The number of benzene rings is 2. The van der Waals surface area contributed by atoms with Crippen LogP contribution >= 0.6 is 0 Å². The molecule has 1 aliphatic heterocycles. The zero-order valence-electron chi connectivity index (χ0n) is 15.0. The first kappa shape index (κ1) is 16.5. The third kappa shape index (κ3) is 3.38. The average Bonchev–Trinajstić information content (AvgIpc) is 3.23. The zero-order chi connectivity index (χ0) is 18.1. The molecule has 0 radical (unpaired) electrons. The summed E-state index contributed by atoms with van der Waals surface area (Å²) in [4.78, 5) is 18.8. The van der Waals surface area contributed by atoms with Crippen LogP contribution in [0.5, 0.6) is 0 Å². The number of rotatable bonds is 4. The molecule has 1 amide bonds. The van der Waals surface area contributed by atoms with Gasteiger partial charge < -0.3 is 9.42 Å². The van der Waals surface area contributed by atoms with Gasteiger partial charge in [0, 0.05) is 31.0 Å². The lowest BCUT2D eigenvalue weighted by atomic mass is 10.1. The van der Waals surface area contributed by atoms with E-state index < -0.39 is 0 Å². The Balaban J connectivity index is 1.49. The summed E-state index contributed by atoms with van der Waals surface area (Å²) in [5, 5.41) is 4.13. The van der Waals surface area contributed by atoms with E-state index in [1.54, 1.807) is 0 Å². The van der Waals surface area contributed by atoms with Crippen LogP contribution in [-0.4, -0.2) is 27.5 Å². The second-order valence-electron chi connectivity index (χ2n) is 6.99. The van der Waals surface area contributed by atoms with E-state index >= 15 is 0 Å². The first-order chi connectivity index (χ1) is 12.6. The third-order valence-electron chi connectivity index (χ3n) is 4.74. The maximum absolute atomic E-state index is 12.4. The van der Waals surface area contributed by atoms with Crippen molar-refractivity contribution in [3.05, 3.63) is 71.0 Å². The fraction of sp³-hybridized carbons (Fsp3) is 0.286. The van der Waals surface area contributed by atoms with Crippen molar-refractivity contribution in [2.75, 3.05) is 6.54 Å². The molecule has 2 aromatic carbocycles. The van der Waals surface area contributed by atoms with E-state index in [0.717, 1.165) is 16.7 Å². The second-order valence-corrected chi connectivity index (χ2v) is 6.99. The number of amides is 1. The number of hydrogen-bond donors (Lipinski definition) is 0. The molecule has 0 bridgehead atoms. The Morgan fingerprint density at radius 2 is 1.88 bits per heavy atom. The van der Waals surface area contributed by atoms with Crippen LogP contribution in [0.2, 0.25) is 0 Å². The lowest BCUT2D eigenvalue weighted by Crippen LogP contribution is -2.24. The summed E-state index contributed by atoms with van der Waals surface area (Å²) < 4.78 is 5.43. The van der Waals surface area contributed by atoms with Crippen molar-refractivity contribution < 1.29 is 9.32 Å². The van der Waals surface area contributed by atoms with Gasteiger partial charge in [0.2, 0.25) is 5.91 Å². The molecule has 26 heavy (non-hydrogen) atoms. The van der Waals surface area contributed by atoms with Gasteiger partial charge in [-0.05, 0) is 31.5 Å². The molecule has 1 aliphatic rings. The van der Waals surface area contributed by atoms with Crippen molar-refractivity contribution in [3.8, 4) is 11.5 Å². The summed E-state index contributed by atoms with van der Waals surface area (Å²) in [6.07, 6.45) is 0.429. The molecule has 5 heteroatoms. The van der Waals surface area contributed by atoms with Crippen LogP contribution in [0.4, 0.5) is 0 Å². The Kier molecular flexibility index (Phi) is 4.29. The monoisotopic (exact) mass is 347 g/mol. The molecule has 1 aromatic heterocycles. The van der Waals surface area contributed by atoms with Gasteiger partial charge >= 0.3 is 0 Å². The van der Waals surface area contributed by atoms with Crippen molar-refractivity contribution in [1.29, 1.82) is 0 Å². The number of nitrogens with zero attached hydrogens (tertiary/aromatic N) is 3. The van der Waals surface area contributed by atoms with Crippen LogP contribution in [-0.2, 0) is 11.3 Å². The lowest BCUT2D eigenvalue weighted by Gasteiger charge is -2.16. The summed E-state index contributed by atoms with van der Waals surface area (Å²) >= 11 is 0. The summed E-state index contributed by atoms with van der Waals surface area (Å²) in [7, 11) is 0. The van der Waals surface area contributed by atoms with Gasteiger partial charge in [-0.2, -0.15) is 4.98 Å². The number of likely N-dealkylation sites (tertiary alicyclic amines) is 1. The summed E-state index contributed by atoms with van der Waals surface area (Å²) in [6.45, 7) is 5.34. The molecule has 5 nitrogen and oxygen atoms in total. The predicted octanol–water partition coefficient (Wildman–Crippen LogP) is 3.87. The molecular formula is C21H21N3O2. The molecule has 1 unspecified atom stereocenters. The number of carbonyl (C=O) groups excluding carboxylic acids is 1. The van der Waals surface area contributed by atoms with Gasteiger partial charge in [-0.1, -0.05) is 52.7 Å². The molecule has 0 spiro atoms. The fourth-order valence-electron chi connectivity index (χ4n) is 3.42. The summed E-state index contributed by atoms with van der Waals surface area (Å²) in [5.41, 5.74) is 4.39. The number of carbonyl (C=O) groups is 1. The molecule has 0 aliphatic carbocycles. The standard InChI is InChI=1S/C21H21N3O2/c1-14-5-3-7-16(9-14)12-24-13-18(11-19(24)25)20-22-21(26-23-20)17-8-4-6-15(2)10-17/h3-10,18H,11-13H2,1-2H3. The van der Waals surface area contributed by atoms with Gasteiger partial charge in [0.25, 0.3) is 5.89 Å². The Morgan fingerprint density at radius 3 is 2.65 bits per heavy atom. The van der Waals surface area contributed by atoms with Gasteiger partial charge in [-0.25, -0.2) is 0 Å². The largest absolute Gasteiger partial charge is 0.338 e. The van der Waals surface area contributed by atoms with Gasteiger partial charge in [-0.3, -0.25) is 4.79 Å². The van der Waals surface area contributed by atoms with Crippen LogP contribution in [0.15, 0.2) is 53.1 Å². The first-order valence-corrected chi connectivity index (χ1v) is 8.82. The summed E-state index contributed by atoms with van der Waals surface area (Å²) in [6, 6.07) is 16.2.